The molecule has 0 heterocycles. The maximum absolute atomic E-state index is 13.2. The Morgan fingerprint density at radius 2 is 1.71 bits per heavy atom. The van der Waals surface area contributed by atoms with Crippen molar-refractivity contribution in [1.29, 1.82) is 0 Å². The Kier molecular flexibility index (Phi) is 6.04. The van der Waals surface area contributed by atoms with Crippen molar-refractivity contribution in [3.05, 3.63) is 60.7 Å². The SMILES string of the molecule is CCN(C(=O)[C@@H](C)Nc1ccc(OC)c(OC)c1)c1cccc2ccccc12. The Morgan fingerprint density at radius 3 is 2.43 bits per heavy atom. The summed E-state index contributed by atoms with van der Waals surface area (Å²) in [6, 6.07) is 19.3. The highest BCUT2D eigenvalue weighted by molar-refractivity contribution is 6.06. The molecule has 0 fully saturated rings. The molecule has 0 aliphatic rings. The summed E-state index contributed by atoms with van der Waals surface area (Å²) in [5.74, 6) is 1.28. The number of amides is 1. The van der Waals surface area contributed by atoms with Crippen molar-refractivity contribution in [2.45, 2.75) is 19.9 Å². The second kappa shape index (κ2) is 8.65. The number of anilines is 2. The average Bonchev–Trinajstić information content (AvgIpc) is 2.74. The van der Waals surface area contributed by atoms with Gasteiger partial charge in [0.2, 0.25) is 5.91 Å². The van der Waals surface area contributed by atoms with Gasteiger partial charge < -0.3 is 19.7 Å². The van der Waals surface area contributed by atoms with Crippen LogP contribution in [0.4, 0.5) is 11.4 Å². The van der Waals surface area contributed by atoms with Crippen LogP contribution in [0.5, 0.6) is 11.5 Å². The highest BCUT2D eigenvalue weighted by atomic mass is 16.5. The van der Waals surface area contributed by atoms with Crippen LogP contribution < -0.4 is 19.7 Å². The van der Waals surface area contributed by atoms with Gasteiger partial charge in [-0.3, -0.25) is 4.79 Å². The molecule has 0 saturated heterocycles. The van der Waals surface area contributed by atoms with Gasteiger partial charge in [-0.05, 0) is 37.4 Å². The molecule has 1 atom stereocenters. The van der Waals surface area contributed by atoms with Gasteiger partial charge in [-0.2, -0.15) is 0 Å². The summed E-state index contributed by atoms with van der Waals surface area (Å²) in [5, 5.41) is 5.46. The van der Waals surface area contributed by atoms with E-state index >= 15 is 0 Å². The van der Waals surface area contributed by atoms with E-state index in [1.807, 2.05) is 67.3 Å². The van der Waals surface area contributed by atoms with E-state index < -0.39 is 6.04 Å². The summed E-state index contributed by atoms with van der Waals surface area (Å²) in [5.41, 5.74) is 1.72. The predicted molar refractivity (Wildman–Crippen MR) is 115 cm³/mol. The Bertz CT molecular complexity index is 966. The molecular weight excluding hydrogens is 352 g/mol. The van der Waals surface area contributed by atoms with Crippen LogP contribution in [-0.2, 0) is 4.79 Å². The monoisotopic (exact) mass is 378 g/mol. The molecular formula is C23H26N2O3. The summed E-state index contributed by atoms with van der Waals surface area (Å²) in [7, 11) is 3.19. The number of ether oxygens (including phenoxy) is 2. The molecule has 0 spiro atoms. The molecule has 0 bridgehead atoms. The van der Waals surface area contributed by atoms with E-state index in [0.717, 1.165) is 22.1 Å². The molecule has 0 aromatic heterocycles. The minimum Gasteiger partial charge on any atom is -0.493 e. The number of hydrogen-bond donors (Lipinski definition) is 1. The fourth-order valence-corrected chi connectivity index (χ4v) is 3.36. The third-order valence-electron chi connectivity index (χ3n) is 4.78. The summed E-state index contributed by atoms with van der Waals surface area (Å²) in [6.07, 6.45) is 0. The number of nitrogens with zero attached hydrogens (tertiary/aromatic N) is 1. The van der Waals surface area contributed by atoms with Crippen molar-refractivity contribution >= 4 is 28.1 Å². The van der Waals surface area contributed by atoms with Gasteiger partial charge in [-0.1, -0.05) is 36.4 Å². The molecule has 3 aromatic rings. The van der Waals surface area contributed by atoms with Crippen molar-refractivity contribution in [1.82, 2.24) is 0 Å². The summed E-state index contributed by atoms with van der Waals surface area (Å²) >= 11 is 0. The molecule has 5 nitrogen and oxygen atoms in total. The van der Waals surface area contributed by atoms with Crippen LogP contribution in [0.3, 0.4) is 0 Å². The van der Waals surface area contributed by atoms with Crippen LogP contribution in [0, 0.1) is 0 Å². The van der Waals surface area contributed by atoms with Gasteiger partial charge in [0.15, 0.2) is 11.5 Å². The molecule has 0 radical (unpaired) electrons. The van der Waals surface area contributed by atoms with Crippen LogP contribution in [0.2, 0.25) is 0 Å². The number of likely N-dealkylation sites (N-methyl/N-ethyl adjacent to an activating group) is 1. The van der Waals surface area contributed by atoms with Crippen molar-refractivity contribution in [3.63, 3.8) is 0 Å². The minimum atomic E-state index is -0.406. The first kappa shape index (κ1) is 19.5. The van der Waals surface area contributed by atoms with E-state index in [2.05, 4.69) is 17.4 Å². The number of hydrogen-bond acceptors (Lipinski definition) is 4. The Morgan fingerprint density at radius 1 is 1.00 bits per heavy atom. The number of carbonyl (C=O) groups is 1. The fourth-order valence-electron chi connectivity index (χ4n) is 3.36. The van der Waals surface area contributed by atoms with Gasteiger partial charge >= 0.3 is 0 Å². The van der Waals surface area contributed by atoms with Crippen LogP contribution in [0.15, 0.2) is 60.7 Å². The van der Waals surface area contributed by atoms with E-state index in [1.165, 1.54) is 0 Å². The van der Waals surface area contributed by atoms with Gasteiger partial charge in [0.25, 0.3) is 0 Å². The third-order valence-corrected chi connectivity index (χ3v) is 4.78. The zero-order chi connectivity index (χ0) is 20.1. The molecule has 1 N–H and O–H groups in total. The lowest BCUT2D eigenvalue weighted by molar-refractivity contribution is -0.118. The lowest BCUT2D eigenvalue weighted by atomic mass is 10.1. The highest BCUT2D eigenvalue weighted by Crippen LogP contribution is 2.31. The van der Waals surface area contributed by atoms with E-state index in [4.69, 9.17) is 9.47 Å². The molecule has 0 saturated carbocycles. The van der Waals surface area contributed by atoms with Crippen molar-refractivity contribution in [2.75, 3.05) is 31.0 Å². The first-order chi connectivity index (χ1) is 13.6. The molecule has 28 heavy (non-hydrogen) atoms. The zero-order valence-corrected chi connectivity index (χ0v) is 16.7. The maximum Gasteiger partial charge on any atom is 0.249 e. The number of fused-ring (bicyclic) bond motifs is 1. The van der Waals surface area contributed by atoms with E-state index in [-0.39, 0.29) is 5.91 Å². The normalized spacial score (nSPS) is 11.7. The molecule has 146 valence electrons. The second-order valence-electron chi connectivity index (χ2n) is 6.52. The van der Waals surface area contributed by atoms with Gasteiger partial charge in [-0.25, -0.2) is 0 Å². The van der Waals surface area contributed by atoms with Crippen molar-refractivity contribution in [2.24, 2.45) is 0 Å². The number of nitrogens with one attached hydrogen (secondary N) is 1. The summed E-state index contributed by atoms with van der Waals surface area (Å²) in [4.78, 5) is 15.0. The topological polar surface area (TPSA) is 50.8 Å². The van der Waals surface area contributed by atoms with Crippen LogP contribution in [0.1, 0.15) is 13.8 Å². The second-order valence-corrected chi connectivity index (χ2v) is 6.52. The Labute approximate surface area is 165 Å². The quantitative estimate of drug-likeness (QED) is 0.647. The van der Waals surface area contributed by atoms with Gasteiger partial charge in [-0.15, -0.1) is 0 Å². The number of benzene rings is 3. The van der Waals surface area contributed by atoms with E-state index in [0.29, 0.717) is 18.0 Å². The summed E-state index contributed by atoms with van der Waals surface area (Å²) in [6.45, 7) is 4.44. The molecule has 0 aliphatic heterocycles. The lowest BCUT2D eigenvalue weighted by Crippen LogP contribution is -2.41. The first-order valence-corrected chi connectivity index (χ1v) is 9.36. The Balaban J connectivity index is 1.85. The molecule has 0 aliphatic carbocycles. The molecule has 1 amide bonds. The molecule has 3 aromatic carbocycles. The van der Waals surface area contributed by atoms with Crippen molar-refractivity contribution < 1.29 is 14.3 Å². The Hall–Kier alpha value is -3.21. The molecule has 5 heteroatoms. The van der Waals surface area contributed by atoms with Crippen molar-refractivity contribution in [3.8, 4) is 11.5 Å². The molecule has 0 unspecified atom stereocenters. The fraction of sp³-hybridized carbons (Fsp3) is 0.261. The number of rotatable bonds is 7. The summed E-state index contributed by atoms with van der Waals surface area (Å²) < 4.78 is 10.6. The van der Waals surface area contributed by atoms with E-state index in [1.54, 1.807) is 14.2 Å². The zero-order valence-electron chi connectivity index (χ0n) is 16.7. The number of methoxy groups -OCH3 is 2. The van der Waals surface area contributed by atoms with Crippen LogP contribution >= 0.6 is 0 Å². The lowest BCUT2D eigenvalue weighted by Gasteiger charge is -2.27. The highest BCUT2D eigenvalue weighted by Gasteiger charge is 2.22. The number of carbonyl (C=O) groups excluding carboxylic acids is 1. The maximum atomic E-state index is 13.2. The minimum absolute atomic E-state index is 0.00800. The molecule has 3 rings (SSSR count). The van der Waals surface area contributed by atoms with Gasteiger partial charge in [0, 0.05) is 23.7 Å². The first-order valence-electron chi connectivity index (χ1n) is 9.36. The van der Waals surface area contributed by atoms with Crippen LogP contribution in [-0.4, -0.2) is 32.7 Å². The predicted octanol–water partition coefficient (Wildman–Crippen LogP) is 4.71. The average molecular weight is 378 g/mol. The standard InChI is InChI=1S/C23H26N2O3/c1-5-25(20-12-8-10-17-9-6-7-11-19(17)20)23(26)16(2)24-18-13-14-21(27-3)22(15-18)28-4/h6-16,24H,5H2,1-4H3/t16-/m1/s1. The third kappa shape index (κ3) is 3.88. The van der Waals surface area contributed by atoms with Gasteiger partial charge in [0.1, 0.15) is 6.04 Å². The van der Waals surface area contributed by atoms with E-state index in [9.17, 15) is 4.79 Å². The smallest absolute Gasteiger partial charge is 0.249 e. The van der Waals surface area contributed by atoms with Gasteiger partial charge in [0.05, 0.1) is 19.9 Å². The largest absolute Gasteiger partial charge is 0.493 e. The van der Waals surface area contributed by atoms with Crippen LogP contribution in [0.25, 0.3) is 10.8 Å².